The first-order valence-electron chi connectivity index (χ1n) is 9.80. The summed E-state index contributed by atoms with van der Waals surface area (Å²) in [4.78, 5) is 24.0. The van der Waals surface area contributed by atoms with Crippen LogP contribution in [-0.4, -0.2) is 29.0 Å². The molecule has 1 amide bonds. The van der Waals surface area contributed by atoms with E-state index in [1.54, 1.807) is 6.20 Å². The molecule has 29 heavy (non-hydrogen) atoms. The number of nitrogens with zero attached hydrogens (tertiary/aromatic N) is 3. The molecule has 6 heteroatoms. The van der Waals surface area contributed by atoms with Crippen LogP contribution in [0.5, 0.6) is 0 Å². The lowest BCUT2D eigenvalue weighted by atomic mass is 9.95. The topological polar surface area (TPSA) is 58.1 Å². The van der Waals surface area contributed by atoms with E-state index in [-0.39, 0.29) is 11.7 Å². The predicted octanol–water partition coefficient (Wildman–Crippen LogP) is 4.56. The molecule has 0 saturated carbocycles. The number of aryl methyl sites for hydroxylation is 1. The summed E-state index contributed by atoms with van der Waals surface area (Å²) in [5, 5.41) is 2.76. The second-order valence-corrected chi connectivity index (χ2v) is 7.29. The van der Waals surface area contributed by atoms with Crippen molar-refractivity contribution in [3.8, 4) is 0 Å². The average molecular weight is 390 g/mol. The van der Waals surface area contributed by atoms with Gasteiger partial charge in [0.25, 0.3) is 5.91 Å². The van der Waals surface area contributed by atoms with Gasteiger partial charge in [-0.1, -0.05) is 18.2 Å². The molecule has 0 bridgehead atoms. The molecule has 1 N–H and O–H groups in total. The van der Waals surface area contributed by atoms with Crippen molar-refractivity contribution in [2.24, 2.45) is 0 Å². The highest BCUT2D eigenvalue weighted by molar-refractivity contribution is 6.04. The maximum atomic E-state index is 13.0. The van der Waals surface area contributed by atoms with Crippen molar-refractivity contribution in [3.63, 3.8) is 0 Å². The van der Waals surface area contributed by atoms with Crippen molar-refractivity contribution in [2.45, 2.75) is 25.7 Å². The Balaban J connectivity index is 1.41. The summed E-state index contributed by atoms with van der Waals surface area (Å²) in [6.45, 7) is 3.75. The third-order valence-corrected chi connectivity index (χ3v) is 5.33. The van der Waals surface area contributed by atoms with Gasteiger partial charge < -0.3 is 10.2 Å². The van der Waals surface area contributed by atoms with Gasteiger partial charge in [0.1, 0.15) is 11.6 Å². The zero-order valence-electron chi connectivity index (χ0n) is 16.3. The van der Waals surface area contributed by atoms with Crippen molar-refractivity contribution in [1.29, 1.82) is 0 Å². The van der Waals surface area contributed by atoms with Gasteiger partial charge in [-0.25, -0.2) is 14.4 Å². The molecule has 1 aliphatic rings. The summed E-state index contributed by atoms with van der Waals surface area (Å²) in [6.07, 6.45) is 3.56. The first kappa shape index (κ1) is 19.1. The first-order chi connectivity index (χ1) is 14.1. The quantitative estimate of drug-likeness (QED) is 0.709. The zero-order chi connectivity index (χ0) is 20.2. The van der Waals surface area contributed by atoms with Crippen LogP contribution in [0.25, 0.3) is 0 Å². The van der Waals surface area contributed by atoms with Gasteiger partial charge in [-0.05, 0) is 56.2 Å². The summed E-state index contributed by atoms with van der Waals surface area (Å²) >= 11 is 0. The van der Waals surface area contributed by atoms with Gasteiger partial charge in [0.05, 0.1) is 11.3 Å². The summed E-state index contributed by atoms with van der Waals surface area (Å²) in [6, 6.07) is 16.1. The van der Waals surface area contributed by atoms with E-state index in [4.69, 9.17) is 0 Å². The normalized spacial score (nSPS) is 14.6. The molecule has 2 heterocycles. The highest BCUT2D eigenvalue weighted by Crippen LogP contribution is 2.29. The van der Waals surface area contributed by atoms with E-state index in [1.165, 1.54) is 30.0 Å². The van der Waals surface area contributed by atoms with Crippen molar-refractivity contribution in [1.82, 2.24) is 9.97 Å². The molecule has 4 rings (SSSR count). The van der Waals surface area contributed by atoms with Gasteiger partial charge in [-0.15, -0.1) is 0 Å². The van der Waals surface area contributed by atoms with Crippen LogP contribution >= 0.6 is 0 Å². The molecule has 1 aromatic heterocycles. The van der Waals surface area contributed by atoms with E-state index < -0.39 is 0 Å². The lowest BCUT2D eigenvalue weighted by Crippen LogP contribution is -2.33. The fourth-order valence-electron chi connectivity index (χ4n) is 3.67. The fraction of sp³-hybridized carbons (Fsp3) is 0.261. The molecule has 3 aromatic rings. The van der Waals surface area contributed by atoms with E-state index >= 15 is 0 Å². The summed E-state index contributed by atoms with van der Waals surface area (Å²) < 4.78 is 13.0. The van der Waals surface area contributed by atoms with E-state index in [2.05, 4.69) is 44.5 Å². The van der Waals surface area contributed by atoms with Crippen LogP contribution in [-0.2, 0) is 0 Å². The van der Waals surface area contributed by atoms with Gasteiger partial charge >= 0.3 is 0 Å². The summed E-state index contributed by atoms with van der Waals surface area (Å²) in [7, 11) is 0. The van der Waals surface area contributed by atoms with Crippen molar-refractivity contribution in [3.05, 3.63) is 83.7 Å². The van der Waals surface area contributed by atoms with Crippen LogP contribution in [0.4, 0.5) is 15.8 Å². The molecular formula is C23H23FN4O. The van der Waals surface area contributed by atoms with Gasteiger partial charge in [-0.2, -0.15) is 0 Å². The number of hydrogen-bond donors (Lipinski definition) is 1. The van der Waals surface area contributed by atoms with Gasteiger partial charge in [0.15, 0.2) is 0 Å². The molecule has 0 aliphatic carbocycles. The van der Waals surface area contributed by atoms with Gasteiger partial charge in [0.2, 0.25) is 0 Å². The number of aromatic nitrogens is 2. The Morgan fingerprint density at radius 3 is 2.41 bits per heavy atom. The third-order valence-electron chi connectivity index (χ3n) is 5.33. The largest absolute Gasteiger partial charge is 0.371 e. The van der Waals surface area contributed by atoms with Crippen LogP contribution < -0.4 is 10.2 Å². The molecule has 0 radical (unpaired) electrons. The second kappa shape index (κ2) is 8.39. The number of halogens is 1. The predicted molar refractivity (Wildman–Crippen MR) is 112 cm³/mol. The Morgan fingerprint density at radius 1 is 1.07 bits per heavy atom. The number of nitrogens with one attached hydrogen (secondary N) is 1. The molecule has 0 spiro atoms. The second-order valence-electron chi connectivity index (χ2n) is 7.29. The molecule has 2 aromatic carbocycles. The first-order valence-corrected chi connectivity index (χ1v) is 9.80. The molecular weight excluding hydrogens is 367 g/mol. The molecule has 1 aliphatic heterocycles. The Bertz CT molecular complexity index is 984. The number of hydrogen-bond acceptors (Lipinski definition) is 4. The minimum Gasteiger partial charge on any atom is -0.371 e. The smallest absolute Gasteiger partial charge is 0.259 e. The summed E-state index contributed by atoms with van der Waals surface area (Å²) in [5.74, 6) is 0.459. The lowest BCUT2D eigenvalue weighted by Gasteiger charge is -2.33. The third kappa shape index (κ3) is 4.42. The number of carbonyl (C=O) groups excluding carboxylic acids is 1. The van der Waals surface area contributed by atoms with Gasteiger partial charge in [0, 0.05) is 36.6 Å². The summed E-state index contributed by atoms with van der Waals surface area (Å²) in [5.41, 5.74) is 2.86. The standard InChI is InChI=1S/C23H23FN4O/c1-16-21(23(29)27-19-9-7-18(24)8-10-19)15-25-22(26-16)17-11-13-28(14-12-17)20-5-3-2-4-6-20/h2-10,15,17H,11-14H2,1H3,(H,27,29). The Labute approximate surface area is 169 Å². The molecule has 0 unspecified atom stereocenters. The minimum atomic E-state index is -0.342. The SMILES string of the molecule is Cc1nc(C2CCN(c3ccccc3)CC2)ncc1C(=O)Nc1ccc(F)cc1. The highest BCUT2D eigenvalue weighted by Gasteiger charge is 2.24. The molecule has 0 atom stereocenters. The van der Waals surface area contributed by atoms with Crippen molar-refractivity contribution >= 4 is 17.3 Å². The Hall–Kier alpha value is -3.28. The van der Waals surface area contributed by atoms with E-state index in [0.717, 1.165) is 31.8 Å². The number of benzene rings is 2. The van der Waals surface area contributed by atoms with Crippen LogP contribution in [0, 0.1) is 12.7 Å². The zero-order valence-corrected chi connectivity index (χ0v) is 16.3. The number of anilines is 2. The Kier molecular flexibility index (Phi) is 5.51. The van der Waals surface area contributed by atoms with Crippen LogP contribution in [0.2, 0.25) is 0 Å². The molecule has 1 fully saturated rings. The fourth-order valence-corrected chi connectivity index (χ4v) is 3.67. The maximum Gasteiger partial charge on any atom is 0.259 e. The minimum absolute atomic E-state index is 0.292. The molecule has 5 nitrogen and oxygen atoms in total. The molecule has 1 saturated heterocycles. The van der Waals surface area contributed by atoms with E-state index in [9.17, 15) is 9.18 Å². The highest BCUT2D eigenvalue weighted by atomic mass is 19.1. The molecule has 148 valence electrons. The maximum absolute atomic E-state index is 13.0. The van der Waals surface area contributed by atoms with Crippen molar-refractivity contribution in [2.75, 3.05) is 23.3 Å². The monoisotopic (exact) mass is 390 g/mol. The number of piperidine rings is 1. The number of rotatable bonds is 4. The number of carbonyl (C=O) groups is 1. The van der Waals surface area contributed by atoms with Crippen LogP contribution in [0.15, 0.2) is 60.8 Å². The van der Waals surface area contributed by atoms with Crippen molar-refractivity contribution < 1.29 is 9.18 Å². The van der Waals surface area contributed by atoms with E-state index in [0.29, 0.717) is 22.9 Å². The van der Waals surface area contributed by atoms with E-state index in [1.807, 2.05) is 13.0 Å². The lowest BCUT2D eigenvalue weighted by molar-refractivity contribution is 0.102. The van der Waals surface area contributed by atoms with Crippen LogP contribution in [0.3, 0.4) is 0 Å². The Morgan fingerprint density at radius 2 is 1.76 bits per heavy atom. The number of amides is 1. The number of para-hydroxylation sites is 1. The average Bonchev–Trinajstić information content (AvgIpc) is 2.76. The van der Waals surface area contributed by atoms with Gasteiger partial charge in [-0.3, -0.25) is 4.79 Å². The van der Waals surface area contributed by atoms with Crippen LogP contribution in [0.1, 0.15) is 40.6 Å².